The van der Waals surface area contributed by atoms with E-state index in [0.29, 0.717) is 34.7 Å². The number of amides is 2. The van der Waals surface area contributed by atoms with Gasteiger partial charge in [-0.05, 0) is 80.9 Å². The molecule has 0 fully saturated rings. The summed E-state index contributed by atoms with van der Waals surface area (Å²) in [4.78, 5) is 34.8. The summed E-state index contributed by atoms with van der Waals surface area (Å²) in [5, 5.41) is 0.903. The van der Waals surface area contributed by atoms with Crippen LogP contribution < -0.4 is 15.4 Å². The molecule has 0 aliphatic heterocycles. The molecule has 0 unspecified atom stereocenters. The van der Waals surface area contributed by atoms with Crippen molar-refractivity contribution in [1.29, 1.82) is 0 Å². The minimum atomic E-state index is -0.554. The predicted molar refractivity (Wildman–Crippen MR) is 146 cm³/mol. The number of nitrogens with two attached hydrogens (primary N) is 1. The van der Waals surface area contributed by atoms with Gasteiger partial charge in [-0.2, -0.15) is 0 Å². The number of fused-ring (bicyclic) bond motifs is 1. The van der Waals surface area contributed by atoms with Crippen molar-refractivity contribution in [3.8, 4) is 16.9 Å². The lowest BCUT2D eigenvalue weighted by atomic mass is 9.92. The van der Waals surface area contributed by atoms with Gasteiger partial charge < -0.3 is 20.4 Å². The topological polar surface area (TPSA) is 101 Å². The number of ether oxygens (including phenoxy) is 1. The van der Waals surface area contributed by atoms with Crippen molar-refractivity contribution >= 4 is 40.8 Å². The Labute approximate surface area is 210 Å². The number of H-pyrrole nitrogens is 1. The molecular weight excluding hydrogens is 452 g/mol. The van der Waals surface area contributed by atoms with E-state index < -0.39 is 5.91 Å². The molecule has 36 heavy (non-hydrogen) atoms. The molecule has 1 heterocycles. The van der Waals surface area contributed by atoms with Crippen LogP contribution in [0.2, 0.25) is 0 Å². The molecule has 0 bridgehead atoms. The second-order valence-corrected chi connectivity index (χ2v) is 8.71. The highest BCUT2D eigenvalue weighted by Crippen LogP contribution is 2.42. The Morgan fingerprint density at radius 2 is 1.78 bits per heavy atom. The first-order valence-electron chi connectivity index (χ1n) is 11.7. The molecule has 3 N–H and O–H groups in total. The van der Waals surface area contributed by atoms with Gasteiger partial charge in [0.15, 0.2) is 0 Å². The summed E-state index contributed by atoms with van der Waals surface area (Å²) in [6.07, 6.45) is 0. The van der Waals surface area contributed by atoms with Crippen LogP contribution >= 0.6 is 0 Å². The number of aromatic amines is 1. The monoisotopic (exact) mass is 482 g/mol. The molecule has 7 heteroatoms. The first kappa shape index (κ1) is 24.7. The molecule has 3 aromatic carbocycles. The third kappa shape index (κ3) is 4.02. The van der Waals surface area contributed by atoms with Crippen LogP contribution in [0.25, 0.3) is 22.0 Å². The molecule has 0 spiro atoms. The van der Waals surface area contributed by atoms with E-state index in [9.17, 15) is 9.59 Å². The highest BCUT2D eigenvalue weighted by atomic mass is 16.5. The first-order valence-corrected chi connectivity index (χ1v) is 11.7. The number of para-hydroxylation sites is 1. The SMILES string of the molecule is C=Nc1ccccc1C(=O)N(C)c1cccc(-c2cc(OCC)c(C(N)=O)c3[nH]c(C)c(C)c23)c1C. The molecular formula is C29H30N4O3. The number of hydrogen-bond donors (Lipinski definition) is 2. The summed E-state index contributed by atoms with van der Waals surface area (Å²) >= 11 is 0. The van der Waals surface area contributed by atoms with Crippen LogP contribution in [0.3, 0.4) is 0 Å². The molecule has 2 amide bonds. The van der Waals surface area contributed by atoms with Crippen LogP contribution in [0.1, 0.15) is 44.5 Å². The summed E-state index contributed by atoms with van der Waals surface area (Å²) in [5.41, 5.74) is 13.2. The molecule has 4 rings (SSSR count). The van der Waals surface area contributed by atoms with E-state index in [2.05, 4.69) is 16.7 Å². The fourth-order valence-corrected chi connectivity index (χ4v) is 4.73. The Hall–Kier alpha value is -4.39. The maximum atomic E-state index is 13.4. The number of rotatable bonds is 7. The van der Waals surface area contributed by atoms with Crippen LogP contribution in [0, 0.1) is 20.8 Å². The molecule has 0 radical (unpaired) electrons. The third-order valence-electron chi connectivity index (χ3n) is 6.65. The lowest BCUT2D eigenvalue weighted by Crippen LogP contribution is -2.27. The number of nitrogens with zero attached hydrogens (tertiary/aromatic N) is 2. The smallest absolute Gasteiger partial charge is 0.260 e. The average Bonchev–Trinajstić information content (AvgIpc) is 3.16. The van der Waals surface area contributed by atoms with Crippen LogP contribution in [-0.2, 0) is 0 Å². The molecule has 0 aliphatic rings. The van der Waals surface area contributed by atoms with Crippen molar-refractivity contribution < 1.29 is 14.3 Å². The Bertz CT molecular complexity index is 1520. The number of aliphatic imine (C=N–C) groups is 1. The normalized spacial score (nSPS) is 10.9. The highest BCUT2D eigenvalue weighted by Gasteiger charge is 2.24. The number of hydrogen-bond acceptors (Lipinski definition) is 4. The van der Waals surface area contributed by atoms with Crippen LogP contribution in [0.15, 0.2) is 53.5 Å². The molecule has 0 atom stereocenters. The summed E-state index contributed by atoms with van der Waals surface area (Å²) in [6.45, 7) is 11.8. The largest absolute Gasteiger partial charge is 0.493 e. The van der Waals surface area contributed by atoms with Gasteiger partial charge in [0.1, 0.15) is 11.3 Å². The van der Waals surface area contributed by atoms with E-state index in [0.717, 1.165) is 39.0 Å². The second kappa shape index (κ2) is 9.70. The van der Waals surface area contributed by atoms with Crippen molar-refractivity contribution in [3.63, 3.8) is 0 Å². The zero-order valence-electron chi connectivity index (χ0n) is 21.2. The fraction of sp³-hybridized carbons (Fsp3) is 0.207. The number of benzene rings is 3. The number of aromatic nitrogens is 1. The molecule has 184 valence electrons. The molecule has 0 saturated carbocycles. The Kier molecular flexibility index (Phi) is 6.66. The summed E-state index contributed by atoms with van der Waals surface area (Å²) in [6, 6.07) is 14.8. The van der Waals surface area contributed by atoms with Crippen molar-refractivity contribution in [2.75, 3.05) is 18.6 Å². The maximum absolute atomic E-state index is 13.4. The zero-order valence-corrected chi connectivity index (χ0v) is 21.2. The van der Waals surface area contributed by atoms with Crippen LogP contribution in [0.5, 0.6) is 5.75 Å². The quantitative estimate of drug-likeness (QED) is 0.322. The molecule has 7 nitrogen and oxygen atoms in total. The Morgan fingerprint density at radius 3 is 2.44 bits per heavy atom. The van der Waals surface area contributed by atoms with E-state index in [4.69, 9.17) is 10.5 Å². The third-order valence-corrected chi connectivity index (χ3v) is 6.65. The van der Waals surface area contributed by atoms with Crippen LogP contribution in [0.4, 0.5) is 11.4 Å². The molecule has 1 aromatic heterocycles. The van der Waals surface area contributed by atoms with Crippen molar-refractivity contribution in [1.82, 2.24) is 4.98 Å². The maximum Gasteiger partial charge on any atom is 0.260 e. The summed E-state index contributed by atoms with van der Waals surface area (Å²) in [7, 11) is 1.75. The number of aryl methyl sites for hydroxylation is 2. The lowest BCUT2D eigenvalue weighted by molar-refractivity contribution is 0.0987. The van der Waals surface area contributed by atoms with Gasteiger partial charge in [0, 0.05) is 23.8 Å². The van der Waals surface area contributed by atoms with Crippen molar-refractivity contribution in [2.45, 2.75) is 27.7 Å². The van der Waals surface area contributed by atoms with Gasteiger partial charge in [-0.1, -0.05) is 24.3 Å². The van der Waals surface area contributed by atoms with Gasteiger partial charge in [0.05, 0.1) is 23.4 Å². The molecule has 0 aliphatic carbocycles. The van der Waals surface area contributed by atoms with E-state index in [1.807, 2.05) is 64.1 Å². The minimum absolute atomic E-state index is 0.184. The lowest BCUT2D eigenvalue weighted by Gasteiger charge is -2.23. The van der Waals surface area contributed by atoms with Crippen molar-refractivity contribution in [3.05, 3.63) is 76.5 Å². The average molecular weight is 483 g/mol. The summed E-state index contributed by atoms with van der Waals surface area (Å²) < 4.78 is 5.86. The van der Waals surface area contributed by atoms with Gasteiger partial charge in [-0.15, -0.1) is 0 Å². The highest BCUT2D eigenvalue weighted by molar-refractivity contribution is 6.14. The number of nitrogens with one attached hydrogen (secondary N) is 1. The molecule has 4 aromatic rings. The van der Waals surface area contributed by atoms with Gasteiger partial charge in [-0.3, -0.25) is 14.6 Å². The molecule has 0 saturated heterocycles. The number of carbonyl (C=O) groups excluding carboxylic acids is 2. The Morgan fingerprint density at radius 1 is 1.06 bits per heavy atom. The van der Waals surface area contributed by atoms with E-state index in [1.54, 1.807) is 24.1 Å². The minimum Gasteiger partial charge on any atom is -0.493 e. The van der Waals surface area contributed by atoms with Crippen LogP contribution in [-0.4, -0.2) is 37.2 Å². The fourth-order valence-electron chi connectivity index (χ4n) is 4.73. The second-order valence-electron chi connectivity index (χ2n) is 8.71. The zero-order chi connectivity index (χ0) is 26.1. The number of anilines is 1. The van der Waals surface area contributed by atoms with Gasteiger partial charge in [0.2, 0.25) is 0 Å². The first-order chi connectivity index (χ1) is 17.2. The van der Waals surface area contributed by atoms with Gasteiger partial charge in [0.25, 0.3) is 11.8 Å². The van der Waals surface area contributed by atoms with Gasteiger partial charge >= 0.3 is 0 Å². The van der Waals surface area contributed by atoms with Gasteiger partial charge in [-0.25, -0.2) is 0 Å². The van der Waals surface area contributed by atoms with E-state index in [-0.39, 0.29) is 5.91 Å². The summed E-state index contributed by atoms with van der Waals surface area (Å²) in [5.74, 6) is -0.313. The van der Waals surface area contributed by atoms with E-state index >= 15 is 0 Å². The predicted octanol–water partition coefficient (Wildman–Crippen LogP) is 5.87. The Balaban J connectivity index is 1.94. The number of primary amides is 1. The van der Waals surface area contributed by atoms with Crippen molar-refractivity contribution in [2.24, 2.45) is 10.7 Å². The number of carbonyl (C=O) groups is 2. The van der Waals surface area contributed by atoms with E-state index in [1.165, 1.54) is 0 Å². The standard InChI is InChI=1S/C29H30N4O3/c1-7-36-24-15-21(25-16(2)18(4)32-27(25)26(24)28(30)34)19-12-10-14-23(17(19)3)33(6)29(35)20-11-8-9-13-22(20)31-5/h8-15,32H,5,7H2,1-4,6H3,(H2,30,34).